The van der Waals surface area contributed by atoms with Gasteiger partial charge in [-0.15, -0.1) is 0 Å². The van der Waals surface area contributed by atoms with Gasteiger partial charge in [-0.1, -0.05) is 23.2 Å². The number of benzene rings is 1. The highest BCUT2D eigenvalue weighted by molar-refractivity contribution is 7.89. The Labute approximate surface area is 138 Å². The number of alkyl halides is 2. The lowest BCUT2D eigenvalue weighted by Gasteiger charge is -2.13. The van der Waals surface area contributed by atoms with E-state index in [1.165, 1.54) is 18.2 Å². The average Bonchev–Trinajstić information content (AvgIpc) is 3.05. The summed E-state index contributed by atoms with van der Waals surface area (Å²) in [4.78, 5) is 11.7. The first-order chi connectivity index (χ1) is 10.3. The summed E-state index contributed by atoms with van der Waals surface area (Å²) in [6.07, 6.45) is 1.66. The van der Waals surface area contributed by atoms with E-state index >= 15 is 0 Å². The van der Waals surface area contributed by atoms with E-state index in [1.807, 2.05) is 0 Å². The van der Waals surface area contributed by atoms with Gasteiger partial charge < -0.3 is 10.1 Å². The van der Waals surface area contributed by atoms with Crippen LogP contribution in [0, 0.1) is 0 Å². The molecule has 1 unspecified atom stereocenters. The molecule has 0 spiro atoms. The van der Waals surface area contributed by atoms with E-state index in [4.69, 9.17) is 27.9 Å². The standard InChI is InChI=1S/C13H14Cl2N2O4S/c14-13(15)10-6-9(3-4-11(10)17-12(13)18)22(19,20)16-7-8-2-1-5-21-8/h3-4,6,8,16H,1-2,5,7H2,(H,17,18). The number of halogens is 2. The lowest BCUT2D eigenvalue weighted by Crippen LogP contribution is -2.32. The van der Waals surface area contributed by atoms with Gasteiger partial charge in [0.2, 0.25) is 14.4 Å². The maximum absolute atomic E-state index is 12.3. The smallest absolute Gasteiger partial charge is 0.265 e. The van der Waals surface area contributed by atoms with Gasteiger partial charge in [-0.3, -0.25) is 4.79 Å². The number of hydrogen-bond acceptors (Lipinski definition) is 4. The zero-order valence-corrected chi connectivity index (χ0v) is 13.8. The molecule has 0 aliphatic carbocycles. The molecule has 1 aromatic carbocycles. The van der Waals surface area contributed by atoms with E-state index in [0.29, 0.717) is 12.3 Å². The molecule has 1 amide bonds. The molecule has 6 nitrogen and oxygen atoms in total. The highest BCUT2D eigenvalue weighted by Crippen LogP contribution is 2.45. The maximum atomic E-state index is 12.3. The number of hydrogen-bond donors (Lipinski definition) is 2. The summed E-state index contributed by atoms with van der Waals surface area (Å²) in [6, 6.07) is 4.18. The van der Waals surface area contributed by atoms with Crippen molar-refractivity contribution in [3.63, 3.8) is 0 Å². The molecule has 9 heteroatoms. The van der Waals surface area contributed by atoms with Crippen LogP contribution < -0.4 is 10.0 Å². The Morgan fingerprint density at radius 3 is 2.86 bits per heavy atom. The number of amides is 1. The molecule has 1 aromatic rings. The molecule has 0 bridgehead atoms. The second-order valence-electron chi connectivity index (χ2n) is 5.22. The zero-order valence-electron chi connectivity index (χ0n) is 11.4. The number of anilines is 1. The minimum Gasteiger partial charge on any atom is -0.377 e. The molecule has 2 aliphatic rings. The normalized spacial score (nSPS) is 23.4. The van der Waals surface area contributed by atoms with Gasteiger partial charge in [-0.25, -0.2) is 13.1 Å². The van der Waals surface area contributed by atoms with Crippen LogP contribution in [-0.4, -0.2) is 33.6 Å². The van der Waals surface area contributed by atoms with E-state index in [9.17, 15) is 13.2 Å². The van der Waals surface area contributed by atoms with Crippen LogP contribution in [-0.2, 0) is 23.9 Å². The number of carbonyl (C=O) groups is 1. The van der Waals surface area contributed by atoms with E-state index in [2.05, 4.69) is 10.0 Å². The Hall–Kier alpha value is -0.860. The number of carbonyl (C=O) groups excluding carboxylic acids is 1. The Morgan fingerprint density at radius 1 is 1.41 bits per heavy atom. The maximum Gasteiger partial charge on any atom is 0.265 e. The van der Waals surface area contributed by atoms with Crippen molar-refractivity contribution in [2.75, 3.05) is 18.5 Å². The third kappa shape index (κ3) is 2.83. The van der Waals surface area contributed by atoms with Crippen molar-refractivity contribution in [1.82, 2.24) is 4.72 Å². The van der Waals surface area contributed by atoms with Crippen LogP contribution in [0.25, 0.3) is 0 Å². The van der Waals surface area contributed by atoms with Crippen molar-refractivity contribution >= 4 is 44.8 Å². The highest BCUT2D eigenvalue weighted by Gasteiger charge is 2.44. The molecule has 0 saturated carbocycles. The van der Waals surface area contributed by atoms with Gasteiger partial charge in [0, 0.05) is 24.4 Å². The van der Waals surface area contributed by atoms with Crippen molar-refractivity contribution in [2.45, 2.75) is 28.2 Å². The molecular weight excluding hydrogens is 351 g/mol. The molecule has 120 valence electrons. The van der Waals surface area contributed by atoms with E-state index in [-0.39, 0.29) is 23.1 Å². The number of rotatable bonds is 4. The van der Waals surface area contributed by atoms with Gasteiger partial charge in [-0.05, 0) is 31.0 Å². The van der Waals surface area contributed by atoms with Crippen LogP contribution in [0.4, 0.5) is 5.69 Å². The van der Waals surface area contributed by atoms with E-state index < -0.39 is 20.3 Å². The van der Waals surface area contributed by atoms with Crippen molar-refractivity contribution < 1.29 is 17.9 Å². The predicted molar refractivity (Wildman–Crippen MR) is 82.6 cm³/mol. The topological polar surface area (TPSA) is 84.5 Å². The van der Waals surface area contributed by atoms with Gasteiger partial charge in [0.1, 0.15) is 0 Å². The van der Waals surface area contributed by atoms with Crippen molar-refractivity contribution in [3.05, 3.63) is 23.8 Å². The zero-order chi connectivity index (χ0) is 16.0. The molecule has 22 heavy (non-hydrogen) atoms. The molecular formula is C13H14Cl2N2O4S. The highest BCUT2D eigenvalue weighted by atomic mass is 35.5. The quantitative estimate of drug-likeness (QED) is 0.796. The van der Waals surface area contributed by atoms with Crippen molar-refractivity contribution in [2.24, 2.45) is 0 Å². The monoisotopic (exact) mass is 364 g/mol. The molecule has 0 radical (unpaired) electrons. The number of fused-ring (bicyclic) bond motifs is 1. The Morgan fingerprint density at radius 2 is 2.18 bits per heavy atom. The fourth-order valence-electron chi connectivity index (χ4n) is 2.47. The fraction of sp³-hybridized carbons (Fsp3) is 0.462. The number of sulfonamides is 1. The van der Waals surface area contributed by atoms with E-state index in [0.717, 1.165) is 12.8 Å². The molecule has 0 aromatic heterocycles. The van der Waals surface area contributed by atoms with Gasteiger partial charge in [-0.2, -0.15) is 0 Å². The molecule has 1 atom stereocenters. The third-order valence-electron chi connectivity index (χ3n) is 3.70. The van der Waals surface area contributed by atoms with Crippen LogP contribution in [0.2, 0.25) is 0 Å². The Bertz CT molecular complexity index is 715. The van der Waals surface area contributed by atoms with Crippen molar-refractivity contribution in [3.8, 4) is 0 Å². The second-order valence-corrected chi connectivity index (χ2v) is 8.32. The molecule has 2 aliphatic heterocycles. The van der Waals surface area contributed by atoms with E-state index in [1.54, 1.807) is 0 Å². The first kappa shape index (κ1) is 16.0. The first-order valence-corrected chi connectivity index (χ1v) is 9.00. The third-order valence-corrected chi connectivity index (χ3v) is 5.87. The van der Waals surface area contributed by atoms with Crippen LogP contribution in [0.15, 0.2) is 23.1 Å². The van der Waals surface area contributed by atoms with Gasteiger partial charge >= 0.3 is 0 Å². The second kappa shape index (κ2) is 5.65. The lowest BCUT2D eigenvalue weighted by molar-refractivity contribution is -0.116. The largest absolute Gasteiger partial charge is 0.377 e. The lowest BCUT2D eigenvalue weighted by atomic mass is 10.1. The molecule has 2 heterocycles. The van der Waals surface area contributed by atoms with Gasteiger partial charge in [0.05, 0.1) is 11.0 Å². The molecule has 1 saturated heterocycles. The molecule has 2 N–H and O–H groups in total. The van der Waals surface area contributed by atoms with Crippen LogP contribution >= 0.6 is 23.2 Å². The minimum absolute atomic E-state index is 0.00595. The van der Waals surface area contributed by atoms with Crippen LogP contribution in [0.1, 0.15) is 18.4 Å². The Kier molecular flexibility index (Phi) is 4.11. The fourth-order valence-corrected chi connectivity index (χ4v) is 3.97. The average molecular weight is 365 g/mol. The number of nitrogens with one attached hydrogen (secondary N) is 2. The Balaban J connectivity index is 1.83. The summed E-state index contributed by atoms with van der Waals surface area (Å²) in [6.45, 7) is 0.865. The summed E-state index contributed by atoms with van der Waals surface area (Å²) in [7, 11) is -3.72. The molecule has 1 fully saturated rings. The summed E-state index contributed by atoms with van der Waals surface area (Å²) in [5.41, 5.74) is 0.647. The van der Waals surface area contributed by atoms with Crippen LogP contribution in [0.5, 0.6) is 0 Å². The number of ether oxygens (including phenoxy) is 1. The SMILES string of the molecule is O=C1Nc2ccc(S(=O)(=O)NCC3CCCO3)cc2C1(Cl)Cl. The summed E-state index contributed by atoms with van der Waals surface area (Å²) in [5.74, 6) is -0.590. The van der Waals surface area contributed by atoms with Crippen LogP contribution in [0.3, 0.4) is 0 Å². The van der Waals surface area contributed by atoms with Crippen molar-refractivity contribution in [1.29, 1.82) is 0 Å². The minimum atomic E-state index is -3.72. The van der Waals surface area contributed by atoms with Gasteiger partial charge in [0.25, 0.3) is 5.91 Å². The predicted octanol–water partition coefficient (Wildman–Crippen LogP) is 1.73. The molecule has 3 rings (SSSR count). The summed E-state index contributed by atoms with van der Waals surface area (Å²) >= 11 is 11.9. The summed E-state index contributed by atoms with van der Waals surface area (Å²) < 4.78 is 30.7. The first-order valence-electron chi connectivity index (χ1n) is 6.76. The van der Waals surface area contributed by atoms with Gasteiger partial charge in [0.15, 0.2) is 0 Å². The summed E-state index contributed by atoms with van der Waals surface area (Å²) in [5, 5.41) is 2.51.